The molecule has 0 spiro atoms. The van der Waals surface area contributed by atoms with Crippen LogP contribution in [0.4, 0.5) is 10.1 Å². The van der Waals surface area contributed by atoms with E-state index < -0.39 is 34.3 Å². The molecule has 4 aromatic rings. The number of amides is 2. The number of carbonyl (C=O) groups excluding carboxylic acids is 2. The number of carbonyl (C=O) groups is 2. The number of aryl methyl sites for hydroxylation is 1. The van der Waals surface area contributed by atoms with Crippen LogP contribution in [0.1, 0.15) is 30.5 Å². The lowest BCUT2D eigenvalue weighted by Gasteiger charge is -2.34. The molecule has 0 aliphatic heterocycles. The molecule has 4 rings (SSSR count). The second kappa shape index (κ2) is 15.3. The maximum atomic E-state index is 15.2. The fraction of sp³-hybridized carbons (Fsp3) is 0.257. The van der Waals surface area contributed by atoms with Gasteiger partial charge in [-0.15, -0.1) is 0 Å². The first-order valence-electron chi connectivity index (χ1n) is 14.6. The molecule has 0 aliphatic rings. The van der Waals surface area contributed by atoms with E-state index in [0.29, 0.717) is 6.54 Å². The number of rotatable bonds is 13. The zero-order chi connectivity index (χ0) is 32.6. The molecule has 2 amide bonds. The lowest BCUT2D eigenvalue weighted by molar-refractivity contribution is -0.140. The number of benzene rings is 4. The predicted molar refractivity (Wildman–Crippen MR) is 179 cm³/mol. The molecule has 0 bridgehead atoms. The van der Waals surface area contributed by atoms with Gasteiger partial charge in [0.25, 0.3) is 10.0 Å². The number of sulfonamides is 1. The largest absolute Gasteiger partial charge is 0.354 e. The molecule has 0 aromatic heterocycles. The first-order chi connectivity index (χ1) is 21.5. The van der Waals surface area contributed by atoms with E-state index in [0.717, 1.165) is 31.5 Å². The number of anilines is 1. The Morgan fingerprint density at radius 2 is 1.47 bits per heavy atom. The summed E-state index contributed by atoms with van der Waals surface area (Å²) in [5.74, 6) is -1.65. The fourth-order valence-corrected chi connectivity index (χ4v) is 6.45. The van der Waals surface area contributed by atoms with Crippen molar-refractivity contribution in [1.29, 1.82) is 0 Å². The Kier molecular flexibility index (Phi) is 11.5. The van der Waals surface area contributed by atoms with Crippen molar-refractivity contribution < 1.29 is 22.4 Å². The Morgan fingerprint density at radius 3 is 2.09 bits per heavy atom. The van der Waals surface area contributed by atoms with Crippen molar-refractivity contribution >= 4 is 43.5 Å². The molecule has 4 aromatic carbocycles. The van der Waals surface area contributed by atoms with Crippen LogP contribution in [-0.4, -0.2) is 44.3 Å². The topological polar surface area (TPSA) is 86.8 Å². The van der Waals surface area contributed by atoms with E-state index in [9.17, 15) is 18.0 Å². The van der Waals surface area contributed by atoms with Gasteiger partial charge in [-0.3, -0.25) is 13.9 Å². The van der Waals surface area contributed by atoms with Crippen molar-refractivity contribution in [3.8, 4) is 0 Å². The van der Waals surface area contributed by atoms with Crippen LogP contribution in [0, 0.1) is 18.7 Å². The van der Waals surface area contributed by atoms with Gasteiger partial charge in [0.2, 0.25) is 11.8 Å². The third-order valence-corrected chi connectivity index (χ3v) is 9.53. The van der Waals surface area contributed by atoms with Gasteiger partial charge in [-0.1, -0.05) is 102 Å². The summed E-state index contributed by atoms with van der Waals surface area (Å²) in [5, 5.41) is 2.96. The molecule has 1 unspecified atom stereocenters. The van der Waals surface area contributed by atoms with Gasteiger partial charge >= 0.3 is 0 Å². The molecule has 45 heavy (non-hydrogen) atoms. The Morgan fingerprint density at radius 1 is 0.844 bits per heavy atom. The minimum Gasteiger partial charge on any atom is -0.354 e. The number of nitrogens with one attached hydrogen (secondary N) is 1. The van der Waals surface area contributed by atoms with Gasteiger partial charge in [0.05, 0.1) is 10.6 Å². The number of halogens is 2. The van der Waals surface area contributed by atoms with E-state index in [4.69, 9.17) is 0 Å². The fourth-order valence-electron chi connectivity index (χ4n) is 4.77. The highest BCUT2D eigenvalue weighted by atomic mass is 79.9. The van der Waals surface area contributed by atoms with E-state index in [1.807, 2.05) is 75.4 Å². The second-order valence-corrected chi connectivity index (χ2v) is 14.0. The Hall–Kier alpha value is -4.02. The third-order valence-electron chi connectivity index (χ3n) is 7.23. The van der Waals surface area contributed by atoms with Gasteiger partial charge in [-0.2, -0.15) is 0 Å². The lowest BCUT2D eigenvalue weighted by Crippen LogP contribution is -2.53. The Balaban J connectivity index is 1.80. The first kappa shape index (κ1) is 33.9. The molecule has 0 saturated heterocycles. The van der Waals surface area contributed by atoms with E-state index in [-0.39, 0.29) is 35.4 Å². The second-order valence-electron chi connectivity index (χ2n) is 11.3. The number of hydrogen-bond donors (Lipinski definition) is 1. The molecule has 10 heteroatoms. The van der Waals surface area contributed by atoms with E-state index in [2.05, 4.69) is 21.2 Å². The third kappa shape index (κ3) is 9.02. The molecular weight excluding hydrogens is 657 g/mol. The minimum absolute atomic E-state index is 0.0222. The highest BCUT2D eigenvalue weighted by Crippen LogP contribution is 2.27. The van der Waals surface area contributed by atoms with Crippen molar-refractivity contribution in [3.05, 3.63) is 130 Å². The molecule has 0 radical (unpaired) electrons. The molecular formula is C35H37BrFN3O4S. The van der Waals surface area contributed by atoms with Crippen LogP contribution in [0.5, 0.6) is 0 Å². The van der Waals surface area contributed by atoms with Crippen molar-refractivity contribution in [2.24, 2.45) is 5.92 Å². The summed E-state index contributed by atoms with van der Waals surface area (Å²) in [6.45, 7) is 5.46. The summed E-state index contributed by atoms with van der Waals surface area (Å²) in [5.41, 5.74) is 2.15. The Bertz CT molecular complexity index is 1700. The van der Waals surface area contributed by atoms with Gasteiger partial charge < -0.3 is 10.2 Å². The van der Waals surface area contributed by atoms with Gasteiger partial charge in [-0.05, 0) is 60.4 Å². The monoisotopic (exact) mass is 693 g/mol. The highest BCUT2D eigenvalue weighted by Gasteiger charge is 2.35. The SMILES string of the molecule is Cc1ccc(S(=O)(=O)N(CC(=O)N(Cc2ccc(Br)cc2)C(Cc2ccccc2)C(=O)NCC(C)C)c2ccccc2F)cc1. The summed E-state index contributed by atoms with van der Waals surface area (Å²) in [6, 6.07) is 27.2. The average Bonchev–Trinajstić information content (AvgIpc) is 3.02. The summed E-state index contributed by atoms with van der Waals surface area (Å²) in [4.78, 5) is 29.5. The zero-order valence-electron chi connectivity index (χ0n) is 25.5. The van der Waals surface area contributed by atoms with Crippen LogP contribution in [0.25, 0.3) is 0 Å². The average molecular weight is 695 g/mol. The van der Waals surface area contributed by atoms with Crippen LogP contribution in [0.15, 0.2) is 112 Å². The van der Waals surface area contributed by atoms with Crippen LogP contribution in [-0.2, 0) is 32.6 Å². The molecule has 0 heterocycles. The molecule has 1 N–H and O–H groups in total. The summed E-state index contributed by atoms with van der Waals surface area (Å²) in [7, 11) is -4.39. The van der Waals surface area contributed by atoms with E-state index in [1.165, 1.54) is 35.2 Å². The molecule has 0 aliphatic carbocycles. The first-order valence-corrected chi connectivity index (χ1v) is 16.9. The van der Waals surface area contributed by atoms with Crippen LogP contribution >= 0.6 is 15.9 Å². The number of para-hydroxylation sites is 1. The molecule has 1 atom stereocenters. The lowest BCUT2D eigenvalue weighted by atomic mass is 10.0. The maximum Gasteiger partial charge on any atom is 0.264 e. The summed E-state index contributed by atoms with van der Waals surface area (Å²) in [6.07, 6.45) is 0.192. The molecule has 0 fully saturated rings. The van der Waals surface area contributed by atoms with Gasteiger partial charge in [0.1, 0.15) is 18.4 Å². The standard InChI is InChI=1S/C35H37BrFN3O4S/c1-25(2)22-38-35(42)33(21-27-9-5-4-6-10-27)39(23-28-15-17-29(36)18-16-28)34(41)24-40(32-12-8-7-11-31(32)37)45(43,44)30-19-13-26(3)14-20-30/h4-20,25,33H,21-24H2,1-3H3,(H,38,42). The van der Waals surface area contributed by atoms with Crippen molar-refractivity contribution in [1.82, 2.24) is 10.2 Å². The zero-order valence-corrected chi connectivity index (χ0v) is 27.9. The predicted octanol–water partition coefficient (Wildman–Crippen LogP) is 6.50. The van der Waals surface area contributed by atoms with E-state index >= 15 is 4.39 Å². The summed E-state index contributed by atoms with van der Waals surface area (Å²) < 4.78 is 44.9. The molecule has 7 nitrogen and oxygen atoms in total. The van der Waals surface area contributed by atoms with Crippen LogP contribution in [0.3, 0.4) is 0 Å². The van der Waals surface area contributed by atoms with Crippen LogP contribution in [0.2, 0.25) is 0 Å². The smallest absolute Gasteiger partial charge is 0.264 e. The number of hydrogen-bond acceptors (Lipinski definition) is 4. The normalized spacial score (nSPS) is 12.0. The Labute approximate surface area is 273 Å². The maximum absolute atomic E-state index is 15.2. The van der Waals surface area contributed by atoms with Crippen LogP contribution < -0.4 is 9.62 Å². The summed E-state index contributed by atoms with van der Waals surface area (Å²) >= 11 is 3.43. The van der Waals surface area contributed by atoms with Crippen molar-refractivity contribution in [3.63, 3.8) is 0 Å². The van der Waals surface area contributed by atoms with E-state index in [1.54, 1.807) is 12.1 Å². The molecule has 236 valence electrons. The van der Waals surface area contributed by atoms with Gasteiger partial charge in [-0.25, -0.2) is 12.8 Å². The van der Waals surface area contributed by atoms with Gasteiger partial charge in [0.15, 0.2) is 0 Å². The van der Waals surface area contributed by atoms with Crippen molar-refractivity contribution in [2.75, 3.05) is 17.4 Å². The molecule has 0 saturated carbocycles. The highest BCUT2D eigenvalue weighted by molar-refractivity contribution is 9.10. The van der Waals surface area contributed by atoms with Crippen molar-refractivity contribution in [2.45, 2.75) is 44.7 Å². The minimum atomic E-state index is -4.39. The quantitative estimate of drug-likeness (QED) is 0.173. The van der Waals surface area contributed by atoms with Gasteiger partial charge in [0, 0.05) is 24.0 Å². The number of nitrogens with zero attached hydrogens (tertiary/aromatic N) is 2.